The molecule has 0 radical (unpaired) electrons. The maximum absolute atomic E-state index is 11.7. The number of aliphatic imine (C=N–C) groups is 1. The van der Waals surface area contributed by atoms with Crippen LogP contribution in [0, 0.1) is 0 Å². The van der Waals surface area contributed by atoms with Crippen LogP contribution in [-0.2, 0) is 17.9 Å². The number of hydrogen-bond acceptors (Lipinski definition) is 2. The summed E-state index contributed by atoms with van der Waals surface area (Å²) in [6, 6.07) is 9.06. The van der Waals surface area contributed by atoms with Crippen LogP contribution in [-0.4, -0.2) is 35.9 Å². The summed E-state index contributed by atoms with van der Waals surface area (Å²) >= 11 is 0. The first-order valence-corrected chi connectivity index (χ1v) is 10.1. The van der Waals surface area contributed by atoms with Crippen molar-refractivity contribution in [2.24, 2.45) is 4.99 Å². The van der Waals surface area contributed by atoms with Crippen molar-refractivity contribution in [3.8, 4) is 0 Å². The fourth-order valence-electron chi connectivity index (χ4n) is 3.77. The minimum Gasteiger partial charge on any atom is -0.357 e. The van der Waals surface area contributed by atoms with Gasteiger partial charge in [-0.3, -0.25) is 4.79 Å². The first kappa shape index (κ1) is 18.7. The molecule has 1 amide bonds. The number of carbonyl (C=O) groups excluding carboxylic acids is 1. The van der Waals surface area contributed by atoms with Crippen LogP contribution in [0.15, 0.2) is 29.3 Å². The Labute approximate surface area is 157 Å². The molecule has 5 nitrogen and oxygen atoms in total. The molecule has 1 aliphatic carbocycles. The van der Waals surface area contributed by atoms with E-state index in [2.05, 4.69) is 41.8 Å². The van der Waals surface area contributed by atoms with Crippen molar-refractivity contribution in [2.45, 2.75) is 71.0 Å². The van der Waals surface area contributed by atoms with Crippen LogP contribution < -0.4 is 10.6 Å². The lowest BCUT2D eigenvalue weighted by Crippen LogP contribution is -2.44. The number of carbonyl (C=O) groups is 1. The molecule has 1 saturated carbocycles. The Morgan fingerprint density at radius 1 is 1.12 bits per heavy atom. The fourth-order valence-corrected chi connectivity index (χ4v) is 3.77. The summed E-state index contributed by atoms with van der Waals surface area (Å²) in [5.41, 5.74) is 2.39. The van der Waals surface area contributed by atoms with Crippen molar-refractivity contribution < 1.29 is 4.79 Å². The van der Waals surface area contributed by atoms with Crippen LogP contribution in [0.4, 0.5) is 0 Å². The van der Waals surface area contributed by atoms with Crippen LogP contribution in [0.3, 0.4) is 0 Å². The Hall–Kier alpha value is -2.04. The van der Waals surface area contributed by atoms with E-state index in [0.717, 1.165) is 32.0 Å². The second kappa shape index (κ2) is 9.60. The molecule has 1 saturated heterocycles. The zero-order chi connectivity index (χ0) is 18.2. The first-order chi connectivity index (χ1) is 12.7. The van der Waals surface area contributed by atoms with Gasteiger partial charge >= 0.3 is 0 Å². The number of benzene rings is 1. The quantitative estimate of drug-likeness (QED) is 0.608. The lowest BCUT2D eigenvalue weighted by Gasteiger charge is -2.24. The van der Waals surface area contributed by atoms with Gasteiger partial charge in [0.2, 0.25) is 5.91 Å². The van der Waals surface area contributed by atoms with E-state index in [1.165, 1.54) is 43.2 Å². The molecule has 5 heteroatoms. The molecule has 26 heavy (non-hydrogen) atoms. The molecule has 1 heterocycles. The van der Waals surface area contributed by atoms with Gasteiger partial charge in [0.25, 0.3) is 0 Å². The summed E-state index contributed by atoms with van der Waals surface area (Å²) in [7, 11) is 0. The van der Waals surface area contributed by atoms with E-state index < -0.39 is 0 Å². The first-order valence-electron chi connectivity index (χ1n) is 10.1. The maximum atomic E-state index is 11.7. The molecule has 142 valence electrons. The van der Waals surface area contributed by atoms with E-state index in [-0.39, 0.29) is 5.91 Å². The van der Waals surface area contributed by atoms with E-state index in [1.807, 2.05) is 4.90 Å². The fraction of sp³-hybridized carbons (Fsp3) is 0.619. The Bertz CT molecular complexity index is 605. The van der Waals surface area contributed by atoms with Crippen molar-refractivity contribution in [1.82, 2.24) is 15.5 Å². The van der Waals surface area contributed by atoms with Crippen LogP contribution in [0.1, 0.15) is 63.0 Å². The molecule has 0 bridgehead atoms. The number of hydrogen-bond donors (Lipinski definition) is 2. The molecular weight excluding hydrogens is 324 g/mol. The molecule has 0 atom stereocenters. The SMILES string of the molecule is CCNC(=NCc1ccc(CN2CCCC2=O)cc1)NC1CCCCC1. The van der Waals surface area contributed by atoms with Crippen molar-refractivity contribution in [3.63, 3.8) is 0 Å². The Kier molecular flexibility index (Phi) is 6.92. The number of guanidine groups is 1. The van der Waals surface area contributed by atoms with Gasteiger partial charge in [-0.25, -0.2) is 4.99 Å². The highest BCUT2D eigenvalue weighted by molar-refractivity contribution is 5.80. The summed E-state index contributed by atoms with van der Waals surface area (Å²) in [4.78, 5) is 18.4. The van der Waals surface area contributed by atoms with Crippen LogP contribution in [0.5, 0.6) is 0 Å². The average Bonchev–Trinajstić information content (AvgIpc) is 3.07. The number of rotatable bonds is 6. The van der Waals surface area contributed by atoms with Gasteiger partial charge in [-0.05, 0) is 37.3 Å². The van der Waals surface area contributed by atoms with E-state index in [9.17, 15) is 4.79 Å². The third-order valence-corrected chi connectivity index (χ3v) is 5.28. The van der Waals surface area contributed by atoms with E-state index >= 15 is 0 Å². The molecule has 2 fully saturated rings. The highest BCUT2D eigenvalue weighted by Crippen LogP contribution is 2.17. The molecule has 0 aromatic heterocycles. The lowest BCUT2D eigenvalue weighted by molar-refractivity contribution is -0.128. The van der Waals surface area contributed by atoms with Crippen molar-refractivity contribution >= 4 is 11.9 Å². The second-order valence-corrected chi connectivity index (χ2v) is 7.41. The van der Waals surface area contributed by atoms with E-state index in [1.54, 1.807) is 0 Å². The van der Waals surface area contributed by atoms with Crippen LogP contribution >= 0.6 is 0 Å². The smallest absolute Gasteiger partial charge is 0.222 e. The average molecular weight is 357 g/mol. The normalized spacial score (nSPS) is 19.0. The summed E-state index contributed by atoms with van der Waals surface area (Å²) < 4.78 is 0. The Balaban J connectivity index is 1.53. The maximum Gasteiger partial charge on any atom is 0.222 e. The molecule has 1 aromatic rings. The van der Waals surface area contributed by atoms with Gasteiger partial charge in [0.15, 0.2) is 5.96 Å². The number of nitrogens with one attached hydrogen (secondary N) is 2. The van der Waals surface area contributed by atoms with E-state index in [0.29, 0.717) is 19.0 Å². The lowest BCUT2D eigenvalue weighted by atomic mass is 9.96. The van der Waals surface area contributed by atoms with Gasteiger partial charge < -0.3 is 15.5 Å². The minimum atomic E-state index is 0.280. The third kappa shape index (κ3) is 5.48. The zero-order valence-electron chi connectivity index (χ0n) is 16.0. The van der Waals surface area contributed by atoms with Gasteiger partial charge in [0.1, 0.15) is 0 Å². The molecule has 0 unspecified atom stereocenters. The summed E-state index contributed by atoms with van der Waals surface area (Å²) in [6.07, 6.45) is 8.18. The Morgan fingerprint density at radius 3 is 2.50 bits per heavy atom. The molecule has 2 N–H and O–H groups in total. The van der Waals surface area contributed by atoms with Crippen molar-refractivity contribution in [2.75, 3.05) is 13.1 Å². The second-order valence-electron chi connectivity index (χ2n) is 7.41. The molecular formula is C21H32N4O. The minimum absolute atomic E-state index is 0.280. The topological polar surface area (TPSA) is 56.7 Å². The van der Waals surface area contributed by atoms with Gasteiger partial charge in [0, 0.05) is 32.1 Å². The van der Waals surface area contributed by atoms with Gasteiger partial charge in [-0.2, -0.15) is 0 Å². The summed E-state index contributed by atoms with van der Waals surface area (Å²) in [5.74, 6) is 1.20. The van der Waals surface area contributed by atoms with Gasteiger partial charge in [-0.15, -0.1) is 0 Å². The number of nitrogens with zero attached hydrogens (tertiary/aromatic N) is 2. The molecule has 0 spiro atoms. The molecule has 3 rings (SSSR count). The Morgan fingerprint density at radius 2 is 1.85 bits per heavy atom. The van der Waals surface area contributed by atoms with Gasteiger partial charge in [-0.1, -0.05) is 43.5 Å². The molecule has 2 aliphatic rings. The molecule has 1 aliphatic heterocycles. The predicted octanol–water partition coefficient (Wildman–Crippen LogP) is 3.20. The summed E-state index contributed by atoms with van der Waals surface area (Å²) in [6.45, 7) is 5.27. The number of likely N-dealkylation sites (tertiary alicyclic amines) is 1. The molecule has 1 aromatic carbocycles. The monoisotopic (exact) mass is 356 g/mol. The van der Waals surface area contributed by atoms with Crippen molar-refractivity contribution in [3.05, 3.63) is 35.4 Å². The largest absolute Gasteiger partial charge is 0.357 e. The van der Waals surface area contributed by atoms with E-state index in [4.69, 9.17) is 4.99 Å². The summed E-state index contributed by atoms with van der Waals surface area (Å²) in [5, 5.41) is 6.95. The standard InChI is InChI=1S/C21H32N4O/c1-2-22-21(24-19-7-4-3-5-8-19)23-15-17-10-12-18(13-11-17)16-25-14-6-9-20(25)26/h10-13,19H,2-9,14-16H2,1H3,(H2,22,23,24). The highest BCUT2D eigenvalue weighted by atomic mass is 16.2. The van der Waals surface area contributed by atoms with Crippen LogP contribution in [0.2, 0.25) is 0 Å². The zero-order valence-corrected chi connectivity index (χ0v) is 16.0. The van der Waals surface area contributed by atoms with Crippen LogP contribution in [0.25, 0.3) is 0 Å². The highest BCUT2D eigenvalue weighted by Gasteiger charge is 2.19. The van der Waals surface area contributed by atoms with Crippen molar-refractivity contribution in [1.29, 1.82) is 0 Å². The third-order valence-electron chi connectivity index (χ3n) is 5.28. The van der Waals surface area contributed by atoms with Gasteiger partial charge in [0.05, 0.1) is 6.54 Å². The predicted molar refractivity (Wildman–Crippen MR) is 106 cm³/mol. The number of amides is 1.